The smallest absolute Gasteiger partial charge is 0.251 e. The van der Waals surface area contributed by atoms with Crippen LogP contribution in [-0.2, 0) is 11.2 Å². The predicted molar refractivity (Wildman–Crippen MR) is 115 cm³/mol. The summed E-state index contributed by atoms with van der Waals surface area (Å²) < 4.78 is 0. The van der Waals surface area contributed by atoms with Gasteiger partial charge in [-0.25, -0.2) is 0 Å². The van der Waals surface area contributed by atoms with E-state index in [0.29, 0.717) is 31.0 Å². The van der Waals surface area contributed by atoms with E-state index in [4.69, 9.17) is 0 Å². The lowest BCUT2D eigenvalue weighted by atomic mass is 10.00. The molecule has 5 nitrogen and oxygen atoms in total. The number of piperidine rings is 1. The number of rotatable bonds is 8. The zero-order valence-corrected chi connectivity index (χ0v) is 17.2. The Labute approximate surface area is 167 Å². The van der Waals surface area contributed by atoms with E-state index in [9.17, 15) is 9.59 Å². The van der Waals surface area contributed by atoms with Crippen LogP contribution in [0.4, 0.5) is 0 Å². The summed E-state index contributed by atoms with van der Waals surface area (Å²) in [5, 5.41) is 4.03. The van der Waals surface area contributed by atoms with Gasteiger partial charge in [0.15, 0.2) is 0 Å². The number of carbonyl (C=O) groups is 1. The fourth-order valence-corrected chi connectivity index (χ4v) is 4.22. The number of fused-ring (bicyclic) bond motifs is 1. The zero-order valence-electron chi connectivity index (χ0n) is 17.2. The summed E-state index contributed by atoms with van der Waals surface area (Å²) in [7, 11) is 0. The van der Waals surface area contributed by atoms with E-state index in [1.165, 1.54) is 32.2 Å². The van der Waals surface area contributed by atoms with E-state index in [0.717, 1.165) is 29.4 Å². The van der Waals surface area contributed by atoms with E-state index in [1.807, 2.05) is 25.1 Å². The van der Waals surface area contributed by atoms with Crippen molar-refractivity contribution in [3.8, 4) is 0 Å². The van der Waals surface area contributed by atoms with Crippen molar-refractivity contribution in [2.45, 2.75) is 64.8 Å². The SMILES string of the molecule is CC[C@H]1CCCCN1CCCNC(=O)CCc1cc2cc(C)ccc2[nH]c1=O. The Morgan fingerprint density at radius 1 is 1.29 bits per heavy atom. The van der Waals surface area contributed by atoms with Gasteiger partial charge >= 0.3 is 0 Å². The van der Waals surface area contributed by atoms with E-state index in [2.05, 4.69) is 28.2 Å². The topological polar surface area (TPSA) is 65.2 Å². The Hall–Kier alpha value is -2.14. The molecule has 2 aromatic rings. The lowest BCUT2D eigenvalue weighted by molar-refractivity contribution is -0.121. The van der Waals surface area contributed by atoms with Crippen LogP contribution in [0.3, 0.4) is 0 Å². The molecule has 0 bridgehead atoms. The summed E-state index contributed by atoms with van der Waals surface area (Å²) in [5.41, 5.74) is 2.57. The van der Waals surface area contributed by atoms with Gasteiger partial charge in [0.05, 0.1) is 0 Å². The number of nitrogens with zero attached hydrogens (tertiary/aromatic N) is 1. The number of amides is 1. The van der Waals surface area contributed by atoms with Gasteiger partial charge in [-0.15, -0.1) is 0 Å². The molecule has 1 aromatic heterocycles. The van der Waals surface area contributed by atoms with Crippen molar-refractivity contribution in [1.29, 1.82) is 0 Å². The van der Waals surface area contributed by atoms with Gasteiger partial charge in [-0.1, -0.05) is 25.0 Å². The summed E-state index contributed by atoms with van der Waals surface area (Å²) in [5.74, 6) is 0.0226. The van der Waals surface area contributed by atoms with Crippen LogP contribution < -0.4 is 10.9 Å². The number of H-pyrrole nitrogens is 1. The molecule has 3 rings (SSSR count). The number of aromatic amines is 1. The third-order valence-corrected chi connectivity index (χ3v) is 5.86. The average molecular weight is 384 g/mol. The van der Waals surface area contributed by atoms with Gasteiger partial charge in [-0.2, -0.15) is 0 Å². The normalized spacial score (nSPS) is 17.7. The molecule has 0 spiro atoms. The van der Waals surface area contributed by atoms with Gasteiger partial charge in [0, 0.05) is 36.6 Å². The van der Waals surface area contributed by atoms with Crippen molar-refractivity contribution in [2.24, 2.45) is 0 Å². The van der Waals surface area contributed by atoms with Crippen LogP contribution in [0, 0.1) is 6.92 Å². The molecule has 0 saturated carbocycles. The van der Waals surface area contributed by atoms with E-state index < -0.39 is 0 Å². The Balaban J connectivity index is 1.43. The Morgan fingerprint density at radius 3 is 2.96 bits per heavy atom. The van der Waals surface area contributed by atoms with Gasteiger partial charge in [0.25, 0.3) is 5.56 Å². The van der Waals surface area contributed by atoms with Crippen LogP contribution in [0.5, 0.6) is 0 Å². The molecule has 152 valence electrons. The lowest BCUT2D eigenvalue weighted by Gasteiger charge is -2.35. The van der Waals surface area contributed by atoms with Crippen molar-refractivity contribution in [3.05, 3.63) is 45.7 Å². The number of pyridine rings is 1. The Kier molecular flexibility index (Phi) is 7.26. The molecule has 1 aliphatic heterocycles. The molecule has 0 radical (unpaired) electrons. The van der Waals surface area contributed by atoms with Crippen LogP contribution >= 0.6 is 0 Å². The maximum Gasteiger partial charge on any atom is 0.251 e. The number of carbonyl (C=O) groups excluding carboxylic acids is 1. The first-order chi connectivity index (χ1) is 13.6. The minimum absolute atomic E-state index is 0.0226. The number of likely N-dealkylation sites (tertiary alicyclic amines) is 1. The molecule has 2 N–H and O–H groups in total. The van der Waals surface area contributed by atoms with E-state index >= 15 is 0 Å². The lowest BCUT2D eigenvalue weighted by Crippen LogP contribution is -2.40. The monoisotopic (exact) mass is 383 g/mol. The largest absolute Gasteiger partial charge is 0.356 e. The van der Waals surface area contributed by atoms with Crippen LogP contribution in [0.15, 0.2) is 29.1 Å². The molecule has 1 aliphatic rings. The molecule has 1 atom stereocenters. The first-order valence-electron chi connectivity index (χ1n) is 10.7. The summed E-state index contributed by atoms with van der Waals surface area (Å²) >= 11 is 0. The van der Waals surface area contributed by atoms with Crippen molar-refractivity contribution < 1.29 is 4.79 Å². The molecule has 1 aromatic carbocycles. The van der Waals surface area contributed by atoms with E-state index in [-0.39, 0.29) is 11.5 Å². The minimum atomic E-state index is -0.0974. The van der Waals surface area contributed by atoms with Gasteiger partial charge in [-0.05, 0) is 69.2 Å². The number of aromatic nitrogens is 1. The Morgan fingerprint density at radius 2 is 2.14 bits per heavy atom. The number of nitrogens with one attached hydrogen (secondary N) is 2. The molecule has 2 heterocycles. The molecule has 1 amide bonds. The van der Waals surface area contributed by atoms with Crippen molar-refractivity contribution in [3.63, 3.8) is 0 Å². The number of benzene rings is 1. The Bertz CT molecular complexity index is 859. The second kappa shape index (κ2) is 9.87. The molecule has 5 heteroatoms. The fraction of sp³-hybridized carbons (Fsp3) is 0.565. The first-order valence-corrected chi connectivity index (χ1v) is 10.7. The second-order valence-corrected chi connectivity index (χ2v) is 8.01. The first kappa shape index (κ1) is 20.6. The van der Waals surface area contributed by atoms with Gasteiger partial charge in [0.1, 0.15) is 0 Å². The van der Waals surface area contributed by atoms with E-state index in [1.54, 1.807) is 0 Å². The molecule has 28 heavy (non-hydrogen) atoms. The van der Waals surface area contributed by atoms with Gasteiger partial charge in [-0.3, -0.25) is 9.59 Å². The summed E-state index contributed by atoms with van der Waals surface area (Å²) in [6.07, 6.45) is 6.96. The standard InChI is InChI=1S/C23H33N3O2/c1-3-20-7-4-5-13-26(20)14-6-12-24-22(27)11-9-18-16-19-15-17(2)8-10-21(19)25-23(18)28/h8,10,15-16,20H,3-7,9,11-14H2,1-2H3,(H,24,27)(H,25,28)/t20-/m0/s1. The molecule has 0 unspecified atom stereocenters. The third kappa shape index (κ3) is 5.44. The summed E-state index contributed by atoms with van der Waals surface area (Å²) in [6.45, 7) is 7.25. The minimum Gasteiger partial charge on any atom is -0.356 e. The molecular formula is C23H33N3O2. The van der Waals surface area contributed by atoms with Gasteiger partial charge in [0.2, 0.25) is 5.91 Å². The van der Waals surface area contributed by atoms with Crippen LogP contribution in [0.25, 0.3) is 10.9 Å². The van der Waals surface area contributed by atoms with Crippen LogP contribution in [0.2, 0.25) is 0 Å². The quantitative estimate of drug-likeness (QED) is 0.685. The fourth-order valence-electron chi connectivity index (χ4n) is 4.22. The zero-order chi connectivity index (χ0) is 19.9. The highest BCUT2D eigenvalue weighted by molar-refractivity contribution is 5.80. The maximum absolute atomic E-state index is 12.2. The van der Waals surface area contributed by atoms with Crippen molar-refractivity contribution in [1.82, 2.24) is 15.2 Å². The highest BCUT2D eigenvalue weighted by Crippen LogP contribution is 2.19. The second-order valence-electron chi connectivity index (χ2n) is 8.01. The third-order valence-electron chi connectivity index (χ3n) is 5.86. The average Bonchev–Trinajstić information content (AvgIpc) is 2.70. The summed E-state index contributed by atoms with van der Waals surface area (Å²) in [6, 6.07) is 8.59. The molecule has 1 fully saturated rings. The molecule has 0 aliphatic carbocycles. The number of hydrogen-bond acceptors (Lipinski definition) is 3. The predicted octanol–water partition coefficient (Wildman–Crippen LogP) is 3.54. The molecular weight excluding hydrogens is 350 g/mol. The van der Waals surface area contributed by atoms with Crippen LogP contribution in [0.1, 0.15) is 56.6 Å². The highest BCUT2D eigenvalue weighted by Gasteiger charge is 2.19. The number of hydrogen-bond donors (Lipinski definition) is 2. The maximum atomic E-state index is 12.2. The highest BCUT2D eigenvalue weighted by atomic mass is 16.1. The van der Waals surface area contributed by atoms with Crippen molar-refractivity contribution in [2.75, 3.05) is 19.6 Å². The summed E-state index contributed by atoms with van der Waals surface area (Å²) in [4.78, 5) is 29.9. The van der Waals surface area contributed by atoms with Crippen molar-refractivity contribution >= 4 is 16.8 Å². The number of aryl methyl sites for hydroxylation is 2. The van der Waals surface area contributed by atoms with Crippen LogP contribution in [-0.4, -0.2) is 41.5 Å². The molecule has 1 saturated heterocycles. The van der Waals surface area contributed by atoms with Gasteiger partial charge < -0.3 is 15.2 Å².